The summed E-state index contributed by atoms with van der Waals surface area (Å²) in [6.45, 7) is 3.48. The van der Waals surface area contributed by atoms with Crippen LogP contribution in [0.5, 0.6) is 0 Å². The third kappa shape index (κ3) is 2.74. The Morgan fingerprint density at radius 1 is 1.33 bits per heavy atom. The van der Waals surface area contributed by atoms with E-state index in [1.807, 2.05) is 6.92 Å². The van der Waals surface area contributed by atoms with Crippen molar-refractivity contribution in [3.8, 4) is 0 Å². The quantitative estimate of drug-likeness (QED) is 0.432. The smallest absolute Gasteiger partial charge is 0.126 e. The first-order valence-corrected chi connectivity index (χ1v) is 6.53. The fourth-order valence-corrected chi connectivity index (χ4v) is 2.53. The highest BCUT2D eigenvalue weighted by molar-refractivity contribution is 6.11. The number of hydrogen-bond acceptors (Lipinski definition) is 5. The van der Waals surface area contributed by atoms with Crippen molar-refractivity contribution in [2.75, 3.05) is 4.90 Å². The third-order valence-electron chi connectivity index (χ3n) is 3.78. The number of carboxylic acids is 2. The molecule has 21 heavy (non-hydrogen) atoms. The number of fused-ring (bicyclic) bond motifs is 1. The van der Waals surface area contributed by atoms with Gasteiger partial charge in [0.2, 0.25) is 0 Å². The lowest BCUT2D eigenvalue weighted by molar-refractivity contribution is -0.312. The SMILES string of the molecule is Cc1c(F)ccc2c1CCC(C)N2C=C(C(=O)[O-])C(=O)[O-]. The van der Waals surface area contributed by atoms with E-state index in [0.29, 0.717) is 24.1 Å². The predicted octanol–water partition coefficient (Wildman–Crippen LogP) is -0.341. The van der Waals surface area contributed by atoms with Gasteiger partial charge in [0.25, 0.3) is 0 Å². The molecular formula is C15H14FNO4-2. The summed E-state index contributed by atoms with van der Waals surface area (Å²) in [5.74, 6) is -3.96. The van der Waals surface area contributed by atoms with Crippen molar-refractivity contribution < 1.29 is 24.2 Å². The molecule has 1 aliphatic heterocycles. The fraction of sp³-hybridized carbons (Fsp3) is 0.333. The zero-order valence-corrected chi connectivity index (χ0v) is 11.7. The van der Waals surface area contributed by atoms with Gasteiger partial charge in [0.15, 0.2) is 0 Å². The highest BCUT2D eigenvalue weighted by Crippen LogP contribution is 2.34. The van der Waals surface area contributed by atoms with Gasteiger partial charge in [-0.2, -0.15) is 0 Å². The normalized spacial score (nSPS) is 17.1. The largest absolute Gasteiger partial charge is 0.545 e. The van der Waals surface area contributed by atoms with Crippen LogP contribution in [-0.2, 0) is 16.0 Å². The number of rotatable bonds is 3. The lowest BCUT2D eigenvalue weighted by Crippen LogP contribution is -2.40. The number of carbonyl (C=O) groups is 2. The molecule has 5 nitrogen and oxygen atoms in total. The molecule has 1 heterocycles. The van der Waals surface area contributed by atoms with Gasteiger partial charge in [-0.15, -0.1) is 0 Å². The van der Waals surface area contributed by atoms with Gasteiger partial charge in [-0.1, -0.05) is 0 Å². The molecule has 2 rings (SSSR count). The molecule has 0 saturated carbocycles. The molecule has 1 aromatic rings. The van der Waals surface area contributed by atoms with Gasteiger partial charge in [0.1, 0.15) is 5.82 Å². The third-order valence-corrected chi connectivity index (χ3v) is 3.78. The van der Waals surface area contributed by atoms with Crippen LogP contribution < -0.4 is 15.1 Å². The Morgan fingerprint density at radius 3 is 2.52 bits per heavy atom. The first kappa shape index (κ1) is 15.0. The van der Waals surface area contributed by atoms with Crippen molar-refractivity contribution in [3.63, 3.8) is 0 Å². The van der Waals surface area contributed by atoms with Crippen LogP contribution in [0.1, 0.15) is 24.5 Å². The van der Waals surface area contributed by atoms with E-state index < -0.39 is 17.5 Å². The maximum Gasteiger partial charge on any atom is 0.126 e. The zero-order valence-electron chi connectivity index (χ0n) is 11.7. The summed E-state index contributed by atoms with van der Waals surface area (Å²) in [4.78, 5) is 23.3. The summed E-state index contributed by atoms with van der Waals surface area (Å²) < 4.78 is 13.6. The Balaban J connectivity index is 2.56. The molecule has 1 aliphatic rings. The molecule has 1 aromatic carbocycles. The average molecular weight is 291 g/mol. The molecule has 0 bridgehead atoms. The van der Waals surface area contributed by atoms with Crippen molar-refractivity contribution in [1.82, 2.24) is 0 Å². The van der Waals surface area contributed by atoms with Gasteiger partial charge in [0, 0.05) is 23.5 Å². The van der Waals surface area contributed by atoms with Gasteiger partial charge in [-0.05, 0) is 49.9 Å². The Hall–Kier alpha value is -2.37. The lowest BCUT2D eigenvalue weighted by Gasteiger charge is -2.36. The van der Waals surface area contributed by atoms with Crippen molar-refractivity contribution >= 4 is 17.6 Å². The Bertz CT molecular complexity index is 623. The van der Waals surface area contributed by atoms with Crippen LogP contribution in [0.4, 0.5) is 10.1 Å². The highest BCUT2D eigenvalue weighted by Gasteiger charge is 2.24. The van der Waals surface area contributed by atoms with Gasteiger partial charge in [-0.25, -0.2) is 4.39 Å². The number of nitrogens with zero attached hydrogens (tertiary/aromatic N) is 1. The second-order valence-electron chi connectivity index (χ2n) is 5.08. The zero-order chi connectivity index (χ0) is 15.7. The number of aliphatic carboxylic acids is 2. The summed E-state index contributed by atoms with van der Waals surface area (Å²) >= 11 is 0. The predicted molar refractivity (Wildman–Crippen MR) is 69.5 cm³/mol. The van der Waals surface area contributed by atoms with Gasteiger partial charge >= 0.3 is 0 Å². The molecule has 0 saturated heterocycles. The van der Waals surface area contributed by atoms with Crippen LogP contribution in [0.25, 0.3) is 0 Å². The van der Waals surface area contributed by atoms with E-state index in [1.165, 1.54) is 17.0 Å². The summed E-state index contributed by atoms with van der Waals surface area (Å²) in [5, 5.41) is 21.7. The number of carboxylic acid groups (broad SMARTS) is 2. The van der Waals surface area contributed by atoms with E-state index in [-0.39, 0.29) is 11.9 Å². The number of carbonyl (C=O) groups excluding carboxylic acids is 2. The van der Waals surface area contributed by atoms with Crippen LogP contribution in [-0.4, -0.2) is 18.0 Å². The number of halogens is 1. The van der Waals surface area contributed by atoms with Crippen molar-refractivity contribution in [2.45, 2.75) is 32.7 Å². The summed E-state index contributed by atoms with van der Waals surface area (Å²) in [6, 6.07) is 2.69. The second kappa shape index (κ2) is 5.55. The molecule has 0 amide bonds. The monoisotopic (exact) mass is 291 g/mol. The van der Waals surface area contributed by atoms with Crippen molar-refractivity contribution in [2.24, 2.45) is 0 Å². The standard InChI is InChI=1S/C15H16FNO4/c1-8-3-4-10-9(2)12(16)5-6-13(10)17(8)7-11(14(18)19)15(20)21/h5-8H,3-4H2,1-2H3,(H,18,19)(H,20,21)/p-2. The van der Waals surface area contributed by atoms with Crippen LogP contribution in [0.15, 0.2) is 23.9 Å². The maximum absolute atomic E-state index is 13.6. The molecule has 112 valence electrons. The number of benzene rings is 1. The fourth-order valence-electron chi connectivity index (χ4n) is 2.53. The van der Waals surface area contributed by atoms with E-state index in [2.05, 4.69) is 0 Å². The van der Waals surface area contributed by atoms with Crippen LogP contribution in [0.3, 0.4) is 0 Å². The summed E-state index contributed by atoms with van der Waals surface area (Å²) in [7, 11) is 0. The minimum absolute atomic E-state index is 0.115. The molecular weight excluding hydrogens is 277 g/mol. The van der Waals surface area contributed by atoms with Crippen molar-refractivity contribution in [3.05, 3.63) is 40.8 Å². The maximum atomic E-state index is 13.6. The van der Waals surface area contributed by atoms with Crippen LogP contribution >= 0.6 is 0 Å². The molecule has 6 heteroatoms. The first-order valence-electron chi connectivity index (χ1n) is 6.53. The Morgan fingerprint density at radius 2 is 1.95 bits per heavy atom. The van der Waals surface area contributed by atoms with E-state index >= 15 is 0 Å². The molecule has 0 aromatic heterocycles. The number of hydrogen-bond donors (Lipinski definition) is 0. The second-order valence-corrected chi connectivity index (χ2v) is 5.08. The molecule has 1 atom stereocenters. The molecule has 0 aliphatic carbocycles. The van der Waals surface area contributed by atoms with E-state index in [4.69, 9.17) is 0 Å². The van der Waals surface area contributed by atoms with E-state index in [1.54, 1.807) is 6.92 Å². The molecule has 0 spiro atoms. The highest BCUT2D eigenvalue weighted by atomic mass is 19.1. The van der Waals surface area contributed by atoms with Gasteiger partial charge < -0.3 is 24.7 Å². The van der Waals surface area contributed by atoms with Crippen LogP contribution in [0, 0.1) is 12.7 Å². The summed E-state index contributed by atoms with van der Waals surface area (Å²) in [6.07, 6.45) is 2.29. The Kier molecular flexibility index (Phi) is 3.97. The molecule has 0 radical (unpaired) electrons. The average Bonchev–Trinajstić information content (AvgIpc) is 2.40. The first-order chi connectivity index (χ1) is 9.82. The summed E-state index contributed by atoms with van der Waals surface area (Å²) in [5.41, 5.74) is 0.908. The minimum Gasteiger partial charge on any atom is -0.545 e. The van der Waals surface area contributed by atoms with Gasteiger partial charge in [0.05, 0.1) is 11.9 Å². The molecule has 0 N–H and O–H groups in total. The topological polar surface area (TPSA) is 83.5 Å². The van der Waals surface area contributed by atoms with Crippen molar-refractivity contribution in [1.29, 1.82) is 0 Å². The lowest BCUT2D eigenvalue weighted by atomic mass is 9.93. The molecule has 0 fully saturated rings. The Labute approximate surface area is 121 Å². The van der Waals surface area contributed by atoms with Crippen LogP contribution in [0.2, 0.25) is 0 Å². The molecule has 1 unspecified atom stereocenters. The van der Waals surface area contributed by atoms with Gasteiger partial charge in [-0.3, -0.25) is 0 Å². The minimum atomic E-state index is -1.81. The van der Waals surface area contributed by atoms with E-state index in [0.717, 1.165) is 11.8 Å². The number of anilines is 1. The van der Waals surface area contributed by atoms with E-state index in [9.17, 15) is 24.2 Å².